The molecule has 28 heavy (non-hydrogen) atoms. The van der Waals surface area contributed by atoms with E-state index in [9.17, 15) is 13.2 Å². The number of hydrogen-bond acceptors (Lipinski definition) is 5. The maximum Gasteiger partial charge on any atom is 0.339 e. The summed E-state index contributed by atoms with van der Waals surface area (Å²) in [5, 5.41) is 0.346. The van der Waals surface area contributed by atoms with E-state index in [2.05, 4.69) is 0 Å². The van der Waals surface area contributed by atoms with Crippen molar-refractivity contribution in [2.45, 2.75) is 37.2 Å². The smallest absolute Gasteiger partial charge is 0.339 e. The molecule has 9 heteroatoms. The second-order valence-corrected chi connectivity index (χ2v) is 8.84. The molecule has 6 nitrogen and oxygen atoms in total. The van der Waals surface area contributed by atoms with Gasteiger partial charge in [-0.15, -0.1) is 0 Å². The molecule has 0 radical (unpaired) electrons. The minimum atomic E-state index is -4.15. The highest BCUT2D eigenvalue weighted by atomic mass is 35.5. The first kappa shape index (κ1) is 20.8. The number of rotatable bonds is 7. The monoisotopic (exact) mass is 443 g/mol. The van der Waals surface area contributed by atoms with Gasteiger partial charge in [0.05, 0.1) is 17.2 Å². The Morgan fingerprint density at radius 2 is 1.82 bits per heavy atom. The average molecular weight is 444 g/mol. The highest BCUT2D eigenvalue weighted by Gasteiger charge is 2.31. The van der Waals surface area contributed by atoms with Gasteiger partial charge in [0, 0.05) is 19.5 Å². The van der Waals surface area contributed by atoms with Crippen LogP contribution in [0.5, 0.6) is 11.5 Å². The van der Waals surface area contributed by atoms with Gasteiger partial charge in [-0.3, -0.25) is 4.79 Å². The summed E-state index contributed by atoms with van der Waals surface area (Å²) in [6, 6.07) is 9.10. The van der Waals surface area contributed by atoms with Crippen LogP contribution in [0.4, 0.5) is 0 Å². The summed E-state index contributed by atoms with van der Waals surface area (Å²) >= 11 is 11.8. The number of amides is 1. The Labute approximate surface area is 174 Å². The molecule has 0 saturated heterocycles. The van der Waals surface area contributed by atoms with Crippen molar-refractivity contribution >= 4 is 39.2 Å². The predicted octanol–water partition coefficient (Wildman–Crippen LogP) is 4.28. The summed E-state index contributed by atoms with van der Waals surface area (Å²) in [7, 11) is -2.74. The van der Waals surface area contributed by atoms with E-state index in [0.29, 0.717) is 6.54 Å². The Hall–Kier alpha value is -1.96. The van der Waals surface area contributed by atoms with Crippen LogP contribution in [0.3, 0.4) is 0 Å². The molecule has 0 N–H and O–H groups in total. The molecule has 0 bridgehead atoms. The van der Waals surface area contributed by atoms with Gasteiger partial charge in [-0.05, 0) is 48.7 Å². The van der Waals surface area contributed by atoms with Crippen LogP contribution >= 0.6 is 23.2 Å². The fraction of sp³-hybridized carbons (Fsp3) is 0.316. The zero-order valence-corrected chi connectivity index (χ0v) is 17.6. The van der Waals surface area contributed by atoms with Gasteiger partial charge >= 0.3 is 10.1 Å². The van der Waals surface area contributed by atoms with Gasteiger partial charge in [-0.2, -0.15) is 8.42 Å². The van der Waals surface area contributed by atoms with Crippen LogP contribution in [0.15, 0.2) is 41.3 Å². The quantitative estimate of drug-likeness (QED) is 0.596. The average Bonchev–Trinajstić information content (AvgIpc) is 3.46. The van der Waals surface area contributed by atoms with E-state index >= 15 is 0 Å². The summed E-state index contributed by atoms with van der Waals surface area (Å²) in [4.78, 5) is 13.5. The molecule has 0 atom stereocenters. The number of halogens is 2. The van der Waals surface area contributed by atoms with Crippen molar-refractivity contribution in [1.82, 2.24) is 4.90 Å². The molecule has 0 heterocycles. The van der Waals surface area contributed by atoms with Crippen LogP contribution in [0.2, 0.25) is 10.0 Å². The van der Waals surface area contributed by atoms with Gasteiger partial charge in [-0.25, -0.2) is 0 Å². The van der Waals surface area contributed by atoms with Crippen molar-refractivity contribution < 1.29 is 22.1 Å². The Bertz CT molecular complexity index is 1010. The summed E-state index contributed by atoms with van der Waals surface area (Å²) in [5.41, 5.74) is 0.738. The van der Waals surface area contributed by atoms with Gasteiger partial charge in [0.2, 0.25) is 5.91 Å². The van der Waals surface area contributed by atoms with Gasteiger partial charge in [0.1, 0.15) is 4.90 Å². The third kappa shape index (κ3) is 4.71. The molecule has 0 spiro atoms. The van der Waals surface area contributed by atoms with Crippen LogP contribution in [0.1, 0.15) is 25.3 Å². The Kier molecular flexibility index (Phi) is 6.07. The number of ether oxygens (including phenoxy) is 1. The summed E-state index contributed by atoms with van der Waals surface area (Å²) in [6.07, 6.45) is 1.95. The van der Waals surface area contributed by atoms with Crippen molar-refractivity contribution in [3.05, 3.63) is 52.0 Å². The van der Waals surface area contributed by atoms with Crippen molar-refractivity contribution in [2.75, 3.05) is 7.11 Å². The minimum Gasteiger partial charge on any atom is -0.493 e. The number of benzene rings is 2. The molecule has 1 amide bonds. The molecule has 1 aliphatic rings. The first-order chi connectivity index (χ1) is 13.2. The number of carbonyl (C=O) groups excluding carboxylic acids is 1. The van der Waals surface area contributed by atoms with Crippen molar-refractivity contribution in [3.8, 4) is 11.5 Å². The van der Waals surface area contributed by atoms with Crippen LogP contribution < -0.4 is 8.92 Å². The van der Waals surface area contributed by atoms with Crippen molar-refractivity contribution in [1.29, 1.82) is 0 Å². The molecule has 150 valence electrons. The molecule has 0 aliphatic heterocycles. The van der Waals surface area contributed by atoms with Crippen LogP contribution in [-0.2, 0) is 21.5 Å². The lowest BCUT2D eigenvalue weighted by molar-refractivity contribution is -0.130. The maximum absolute atomic E-state index is 12.6. The molecule has 0 aromatic heterocycles. The van der Waals surface area contributed by atoms with E-state index < -0.39 is 10.1 Å². The SMILES string of the molecule is COc1ccc(CN(C(C)=O)C2CC2)cc1OS(=O)(=O)c1ccc(Cl)c(Cl)c1. The Morgan fingerprint density at radius 3 is 2.39 bits per heavy atom. The number of methoxy groups -OCH3 is 1. The fourth-order valence-electron chi connectivity index (χ4n) is 2.76. The van der Waals surface area contributed by atoms with Gasteiger partial charge < -0.3 is 13.8 Å². The molecular weight excluding hydrogens is 425 g/mol. The largest absolute Gasteiger partial charge is 0.493 e. The van der Waals surface area contributed by atoms with Crippen molar-refractivity contribution in [2.24, 2.45) is 0 Å². The van der Waals surface area contributed by atoms with E-state index in [-0.39, 0.29) is 38.4 Å². The summed E-state index contributed by atoms with van der Waals surface area (Å²) in [6.45, 7) is 1.89. The number of carbonyl (C=O) groups is 1. The topological polar surface area (TPSA) is 72.9 Å². The predicted molar refractivity (Wildman–Crippen MR) is 107 cm³/mol. The molecule has 2 aromatic carbocycles. The zero-order chi connectivity index (χ0) is 20.5. The molecule has 3 rings (SSSR count). The van der Waals surface area contributed by atoms with E-state index in [4.69, 9.17) is 32.1 Å². The number of nitrogens with zero attached hydrogens (tertiary/aromatic N) is 1. The standard InChI is InChI=1S/C19H19Cl2NO5S/c1-12(23)22(14-4-5-14)11-13-3-8-18(26-2)19(9-13)27-28(24,25)15-6-7-16(20)17(21)10-15/h3,6-10,14H,4-5,11H2,1-2H3. The number of hydrogen-bond donors (Lipinski definition) is 0. The van der Waals surface area contributed by atoms with E-state index in [1.165, 1.54) is 32.2 Å². The van der Waals surface area contributed by atoms with Crippen molar-refractivity contribution in [3.63, 3.8) is 0 Å². The molecular formula is C19H19Cl2NO5S. The molecule has 1 aliphatic carbocycles. The highest BCUT2D eigenvalue weighted by molar-refractivity contribution is 7.87. The van der Waals surface area contributed by atoms with Crippen LogP contribution in [-0.4, -0.2) is 32.4 Å². The second-order valence-electron chi connectivity index (χ2n) is 6.48. The van der Waals surface area contributed by atoms with Crippen LogP contribution in [0, 0.1) is 0 Å². The van der Waals surface area contributed by atoms with E-state index in [1.54, 1.807) is 23.1 Å². The maximum atomic E-state index is 12.6. The second kappa shape index (κ2) is 8.19. The molecule has 0 unspecified atom stereocenters. The fourth-order valence-corrected chi connectivity index (χ4v) is 4.09. The lowest BCUT2D eigenvalue weighted by Gasteiger charge is -2.21. The normalized spacial score (nSPS) is 13.9. The lowest BCUT2D eigenvalue weighted by atomic mass is 10.2. The Morgan fingerprint density at radius 1 is 1.11 bits per heavy atom. The highest BCUT2D eigenvalue weighted by Crippen LogP contribution is 2.34. The van der Waals surface area contributed by atoms with Crippen LogP contribution in [0.25, 0.3) is 0 Å². The summed E-state index contributed by atoms with van der Waals surface area (Å²) < 4.78 is 35.8. The van der Waals surface area contributed by atoms with E-state index in [0.717, 1.165) is 18.4 Å². The molecule has 1 fully saturated rings. The van der Waals surface area contributed by atoms with E-state index in [1.807, 2.05) is 0 Å². The third-order valence-corrected chi connectivity index (χ3v) is 6.32. The Balaban J connectivity index is 1.89. The van der Waals surface area contributed by atoms with Gasteiger partial charge in [0.25, 0.3) is 0 Å². The lowest BCUT2D eigenvalue weighted by Crippen LogP contribution is -2.30. The third-order valence-electron chi connectivity index (χ3n) is 4.35. The first-order valence-corrected chi connectivity index (χ1v) is 10.7. The van der Waals surface area contributed by atoms with Gasteiger partial charge in [-0.1, -0.05) is 29.3 Å². The first-order valence-electron chi connectivity index (χ1n) is 8.55. The minimum absolute atomic E-state index is 0.0239. The molecule has 1 saturated carbocycles. The summed E-state index contributed by atoms with van der Waals surface area (Å²) in [5.74, 6) is 0.266. The van der Waals surface area contributed by atoms with Gasteiger partial charge in [0.15, 0.2) is 11.5 Å². The zero-order valence-electron chi connectivity index (χ0n) is 15.3. The molecule has 2 aromatic rings.